The molecule has 3 aromatic rings. The molecule has 0 unspecified atom stereocenters. The predicted octanol–water partition coefficient (Wildman–Crippen LogP) is 3.36. The summed E-state index contributed by atoms with van der Waals surface area (Å²) in [5.41, 5.74) is 0.992. The third-order valence-corrected chi connectivity index (χ3v) is 3.90. The summed E-state index contributed by atoms with van der Waals surface area (Å²) >= 11 is 1.38. The predicted molar refractivity (Wildman–Crippen MR) is 74.5 cm³/mol. The van der Waals surface area contributed by atoms with Crippen molar-refractivity contribution in [2.24, 2.45) is 0 Å². The van der Waals surface area contributed by atoms with Crippen LogP contribution in [-0.4, -0.2) is 21.0 Å². The molecule has 0 radical (unpaired) electrons. The zero-order chi connectivity index (χ0) is 13.4. The van der Waals surface area contributed by atoms with E-state index >= 15 is 0 Å². The molecule has 3 rings (SSSR count). The van der Waals surface area contributed by atoms with Crippen LogP contribution < -0.4 is 0 Å². The summed E-state index contributed by atoms with van der Waals surface area (Å²) in [6, 6.07) is 7.86. The Morgan fingerprint density at radius 2 is 2.05 bits per heavy atom. The van der Waals surface area contributed by atoms with Gasteiger partial charge in [0, 0.05) is 28.2 Å². The van der Waals surface area contributed by atoms with Crippen molar-refractivity contribution in [2.75, 3.05) is 0 Å². The van der Waals surface area contributed by atoms with Gasteiger partial charge >= 0.3 is 5.97 Å². The molecule has 0 saturated carbocycles. The van der Waals surface area contributed by atoms with Crippen molar-refractivity contribution in [1.29, 1.82) is 0 Å². The standard InChI is InChI=1S/C14H10N2O2S/c1-8-12(14(17)18)16-13(19-8)11-7-15-6-9-4-2-3-5-10(9)11/h2-7H,1H3,(H,17,18). The molecule has 19 heavy (non-hydrogen) atoms. The Balaban J connectivity index is 2.25. The van der Waals surface area contributed by atoms with E-state index in [4.69, 9.17) is 5.11 Å². The van der Waals surface area contributed by atoms with Crippen LogP contribution in [0.4, 0.5) is 0 Å². The van der Waals surface area contributed by atoms with E-state index in [1.807, 2.05) is 24.3 Å². The third kappa shape index (κ3) is 1.98. The maximum Gasteiger partial charge on any atom is 0.355 e. The minimum atomic E-state index is -0.992. The number of aromatic carboxylic acids is 1. The number of rotatable bonds is 2. The highest BCUT2D eigenvalue weighted by molar-refractivity contribution is 7.15. The van der Waals surface area contributed by atoms with Gasteiger partial charge in [-0.2, -0.15) is 0 Å². The van der Waals surface area contributed by atoms with Crippen LogP contribution in [0.25, 0.3) is 21.3 Å². The summed E-state index contributed by atoms with van der Waals surface area (Å²) in [5.74, 6) is -0.992. The van der Waals surface area contributed by atoms with Crippen molar-refractivity contribution in [2.45, 2.75) is 6.92 Å². The van der Waals surface area contributed by atoms with Crippen molar-refractivity contribution in [3.05, 3.63) is 47.2 Å². The van der Waals surface area contributed by atoms with E-state index in [-0.39, 0.29) is 5.69 Å². The minimum absolute atomic E-state index is 0.118. The van der Waals surface area contributed by atoms with E-state index < -0.39 is 5.97 Å². The molecule has 2 aromatic heterocycles. The molecule has 94 valence electrons. The Bertz CT molecular complexity index is 775. The maximum atomic E-state index is 11.1. The lowest BCUT2D eigenvalue weighted by Gasteiger charge is -2.02. The van der Waals surface area contributed by atoms with Crippen LogP contribution in [0.3, 0.4) is 0 Å². The second kappa shape index (κ2) is 4.44. The second-order valence-corrected chi connectivity index (χ2v) is 5.34. The molecule has 1 aromatic carbocycles. The van der Waals surface area contributed by atoms with E-state index in [0.717, 1.165) is 16.3 Å². The summed E-state index contributed by atoms with van der Waals surface area (Å²) in [6.45, 7) is 1.77. The Labute approximate surface area is 113 Å². The molecule has 5 heteroatoms. The number of aromatic nitrogens is 2. The van der Waals surface area contributed by atoms with Gasteiger partial charge in [0.05, 0.1) is 0 Å². The normalized spacial score (nSPS) is 10.8. The van der Waals surface area contributed by atoms with E-state index in [9.17, 15) is 4.79 Å². The molecule has 0 amide bonds. The summed E-state index contributed by atoms with van der Waals surface area (Å²) in [7, 11) is 0. The average Bonchev–Trinajstić information content (AvgIpc) is 2.80. The topological polar surface area (TPSA) is 63.1 Å². The Morgan fingerprint density at radius 3 is 2.79 bits per heavy atom. The number of benzene rings is 1. The van der Waals surface area contributed by atoms with Crippen LogP contribution in [0, 0.1) is 6.92 Å². The van der Waals surface area contributed by atoms with Crippen molar-refractivity contribution in [1.82, 2.24) is 9.97 Å². The van der Waals surface area contributed by atoms with Gasteiger partial charge in [-0.1, -0.05) is 24.3 Å². The molecular formula is C14H10N2O2S. The van der Waals surface area contributed by atoms with Gasteiger partial charge in [-0.05, 0) is 12.3 Å². The van der Waals surface area contributed by atoms with Crippen molar-refractivity contribution < 1.29 is 9.90 Å². The summed E-state index contributed by atoms with van der Waals surface area (Å²) < 4.78 is 0. The molecule has 1 N–H and O–H groups in total. The van der Waals surface area contributed by atoms with E-state index in [2.05, 4.69) is 9.97 Å². The van der Waals surface area contributed by atoms with Gasteiger partial charge in [0.2, 0.25) is 0 Å². The molecule has 0 saturated heterocycles. The van der Waals surface area contributed by atoms with E-state index in [1.54, 1.807) is 19.3 Å². The second-order valence-electron chi connectivity index (χ2n) is 4.14. The molecule has 0 spiro atoms. The molecule has 0 aliphatic rings. The first-order valence-electron chi connectivity index (χ1n) is 5.70. The number of nitrogens with zero attached hydrogens (tertiary/aromatic N) is 2. The number of aryl methyl sites for hydroxylation is 1. The third-order valence-electron chi connectivity index (χ3n) is 2.90. The van der Waals surface area contributed by atoms with Crippen LogP contribution in [0.15, 0.2) is 36.7 Å². The van der Waals surface area contributed by atoms with E-state index in [1.165, 1.54) is 11.3 Å². The number of carboxylic acid groups (broad SMARTS) is 1. The SMILES string of the molecule is Cc1sc(-c2cncc3ccccc23)nc1C(=O)O. The van der Waals surface area contributed by atoms with Crippen molar-refractivity contribution in [3.8, 4) is 10.6 Å². The summed E-state index contributed by atoms with van der Waals surface area (Å²) in [6.07, 6.45) is 3.52. The average molecular weight is 270 g/mol. The zero-order valence-electron chi connectivity index (χ0n) is 10.1. The van der Waals surface area contributed by atoms with Crippen molar-refractivity contribution >= 4 is 28.1 Å². The van der Waals surface area contributed by atoms with Crippen LogP contribution in [0.2, 0.25) is 0 Å². The summed E-state index contributed by atoms with van der Waals surface area (Å²) in [5, 5.41) is 11.8. The van der Waals surface area contributed by atoms with Gasteiger partial charge in [0.25, 0.3) is 0 Å². The van der Waals surface area contributed by atoms with Crippen LogP contribution >= 0.6 is 11.3 Å². The van der Waals surface area contributed by atoms with E-state index in [0.29, 0.717) is 9.88 Å². The number of pyridine rings is 1. The zero-order valence-corrected chi connectivity index (χ0v) is 10.9. The molecule has 2 heterocycles. The first-order chi connectivity index (χ1) is 9.16. The van der Waals surface area contributed by atoms with Crippen LogP contribution in [0.5, 0.6) is 0 Å². The lowest BCUT2D eigenvalue weighted by atomic mass is 10.1. The van der Waals surface area contributed by atoms with Crippen LogP contribution in [0.1, 0.15) is 15.4 Å². The van der Waals surface area contributed by atoms with Gasteiger partial charge in [-0.3, -0.25) is 4.98 Å². The monoisotopic (exact) mass is 270 g/mol. The highest BCUT2D eigenvalue weighted by Crippen LogP contribution is 2.32. The fourth-order valence-electron chi connectivity index (χ4n) is 2.00. The number of fused-ring (bicyclic) bond motifs is 1. The fourth-order valence-corrected chi connectivity index (χ4v) is 2.93. The van der Waals surface area contributed by atoms with Gasteiger partial charge in [0.15, 0.2) is 5.69 Å². The van der Waals surface area contributed by atoms with Gasteiger partial charge < -0.3 is 5.11 Å². The molecule has 0 atom stereocenters. The minimum Gasteiger partial charge on any atom is -0.476 e. The fraction of sp³-hybridized carbons (Fsp3) is 0.0714. The van der Waals surface area contributed by atoms with Gasteiger partial charge in [-0.15, -0.1) is 11.3 Å². The number of hydrogen-bond acceptors (Lipinski definition) is 4. The van der Waals surface area contributed by atoms with Gasteiger partial charge in [0.1, 0.15) is 5.01 Å². The lowest BCUT2D eigenvalue weighted by molar-refractivity contribution is 0.0690. The molecule has 4 nitrogen and oxygen atoms in total. The molecule has 0 fully saturated rings. The number of carbonyl (C=O) groups is 1. The lowest BCUT2D eigenvalue weighted by Crippen LogP contribution is -1.98. The quantitative estimate of drug-likeness (QED) is 0.775. The number of hydrogen-bond donors (Lipinski definition) is 1. The highest BCUT2D eigenvalue weighted by atomic mass is 32.1. The van der Waals surface area contributed by atoms with Crippen molar-refractivity contribution in [3.63, 3.8) is 0 Å². The first kappa shape index (κ1) is 11.8. The summed E-state index contributed by atoms with van der Waals surface area (Å²) in [4.78, 5) is 20.2. The molecule has 0 aliphatic heterocycles. The smallest absolute Gasteiger partial charge is 0.355 e. The molecular weight excluding hydrogens is 260 g/mol. The maximum absolute atomic E-state index is 11.1. The number of thiazole rings is 1. The Morgan fingerprint density at radius 1 is 1.26 bits per heavy atom. The molecule has 0 aliphatic carbocycles. The highest BCUT2D eigenvalue weighted by Gasteiger charge is 2.16. The molecule has 0 bridgehead atoms. The number of carboxylic acids is 1. The van der Waals surface area contributed by atoms with Gasteiger partial charge in [-0.25, -0.2) is 9.78 Å². The largest absolute Gasteiger partial charge is 0.476 e. The first-order valence-corrected chi connectivity index (χ1v) is 6.52. The van der Waals surface area contributed by atoms with Crippen LogP contribution in [-0.2, 0) is 0 Å². The Kier molecular flexibility index (Phi) is 2.76. The Hall–Kier alpha value is -2.27.